The zero-order valence-corrected chi connectivity index (χ0v) is 18.4. The van der Waals surface area contributed by atoms with Crippen LogP contribution in [0.1, 0.15) is 30.5 Å². The van der Waals surface area contributed by atoms with Crippen LogP contribution in [0.3, 0.4) is 0 Å². The average Bonchev–Trinajstić information content (AvgIpc) is 3.46. The number of ether oxygens (including phenoxy) is 2. The highest BCUT2D eigenvalue weighted by molar-refractivity contribution is 5.65. The molecule has 0 aliphatic carbocycles. The third-order valence-electron chi connectivity index (χ3n) is 5.45. The minimum absolute atomic E-state index is 0.0582. The maximum absolute atomic E-state index is 14.6. The fourth-order valence-corrected chi connectivity index (χ4v) is 3.65. The molecule has 1 aromatic heterocycles. The van der Waals surface area contributed by atoms with Crippen LogP contribution in [0.5, 0.6) is 5.75 Å². The van der Waals surface area contributed by atoms with E-state index in [1.165, 1.54) is 18.3 Å². The van der Waals surface area contributed by atoms with Crippen LogP contribution in [0.25, 0.3) is 11.1 Å². The molecule has 0 bridgehead atoms. The Balaban J connectivity index is 1.51. The number of hydrogen-bond donors (Lipinski definition) is 3. The third-order valence-corrected chi connectivity index (χ3v) is 5.45. The number of halogens is 2. The van der Waals surface area contributed by atoms with Crippen molar-refractivity contribution in [1.82, 2.24) is 9.55 Å². The number of aromatic nitrogens is 2. The summed E-state index contributed by atoms with van der Waals surface area (Å²) in [5, 5.41) is 29.3. The number of benzene rings is 2. The summed E-state index contributed by atoms with van der Waals surface area (Å²) in [4.78, 5) is 4.08. The minimum Gasteiger partial charge on any atom is -0.479 e. The zero-order chi connectivity index (χ0) is 24.2. The monoisotopic (exact) mass is 470 g/mol. The number of imidazole rings is 1. The van der Waals surface area contributed by atoms with Crippen LogP contribution in [0, 0.1) is 23.5 Å². The summed E-state index contributed by atoms with van der Waals surface area (Å²) in [5.41, 5.74) is 1.53. The van der Waals surface area contributed by atoms with E-state index in [2.05, 4.69) is 16.8 Å². The first-order chi connectivity index (χ1) is 16.4. The minimum atomic E-state index is -0.940. The summed E-state index contributed by atoms with van der Waals surface area (Å²) in [5.74, 6) is 4.01. The molecule has 0 saturated carbocycles. The van der Waals surface area contributed by atoms with Gasteiger partial charge in [0.05, 0.1) is 19.8 Å². The normalized spacial score (nSPS) is 19.4. The second kappa shape index (κ2) is 10.3. The summed E-state index contributed by atoms with van der Waals surface area (Å²) in [6.45, 7) is 1.43. The molecule has 1 unspecified atom stereocenters. The van der Waals surface area contributed by atoms with Gasteiger partial charge in [-0.15, -0.1) is 0 Å². The second-order valence-corrected chi connectivity index (χ2v) is 7.94. The molecular weight excluding hydrogens is 446 g/mol. The van der Waals surface area contributed by atoms with Crippen LogP contribution in [0.4, 0.5) is 8.78 Å². The van der Waals surface area contributed by atoms with E-state index in [1.807, 2.05) is 0 Å². The Morgan fingerprint density at radius 2 is 1.88 bits per heavy atom. The van der Waals surface area contributed by atoms with Gasteiger partial charge in [-0.3, -0.25) is 0 Å². The lowest BCUT2D eigenvalue weighted by Gasteiger charge is -2.17. The van der Waals surface area contributed by atoms with Crippen LogP contribution in [0.2, 0.25) is 0 Å². The predicted octanol–water partition coefficient (Wildman–Crippen LogP) is 2.61. The van der Waals surface area contributed by atoms with Gasteiger partial charge in [-0.2, -0.15) is 0 Å². The lowest BCUT2D eigenvalue weighted by atomic mass is 10.0. The molecule has 3 aromatic rings. The van der Waals surface area contributed by atoms with E-state index in [4.69, 9.17) is 9.47 Å². The third kappa shape index (κ3) is 5.11. The number of aliphatic hydroxyl groups is 3. The second-order valence-electron chi connectivity index (χ2n) is 7.94. The van der Waals surface area contributed by atoms with Gasteiger partial charge in [0, 0.05) is 18.0 Å². The molecule has 178 valence electrons. The molecule has 1 saturated heterocycles. The van der Waals surface area contributed by atoms with Crippen molar-refractivity contribution in [2.75, 3.05) is 19.8 Å². The lowest BCUT2D eigenvalue weighted by molar-refractivity contribution is 0.0680. The number of rotatable bonds is 6. The lowest BCUT2D eigenvalue weighted by Crippen LogP contribution is -2.30. The molecule has 0 radical (unpaired) electrons. The Bertz CT molecular complexity index is 1180. The summed E-state index contributed by atoms with van der Waals surface area (Å²) < 4.78 is 41.1. The Hall–Kier alpha value is -3.29. The average molecular weight is 470 g/mol. The van der Waals surface area contributed by atoms with E-state index in [0.29, 0.717) is 22.5 Å². The van der Waals surface area contributed by atoms with Crippen molar-refractivity contribution in [1.29, 1.82) is 0 Å². The van der Waals surface area contributed by atoms with Gasteiger partial charge in [0.15, 0.2) is 23.5 Å². The van der Waals surface area contributed by atoms with E-state index in [-0.39, 0.29) is 19.8 Å². The van der Waals surface area contributed by atoms with E-state index < -0.39 is 41.7 Å². The molecule has 2 aromatic carbocycles. The van der Waals surface area contributed by atoms with Crippen LogP contribution in [-0.4, -0.2) is 56.9 Å². The summed E-state index contributed by atoms with van der Waals surface area (Å²) >= 11 is 0. The molecule has 34 heavy (non-hydrogen) atoms. The van der Waals surface area contributed by atoms with Gasteiger partial charge >= 0.3 is 0 Å². The summed E-state index contributed by atoms with van der Waals surface area (Å²) in [6.07, 6.45) is 0.593. The van der Waals surface area contributed by atoms with E-state index in [9.17, 15) is 24.1 Å². The maximum Gasteiger partial charge on any atom is 0.191 e. The van der Waals surface area contributed by atoms with Gasteiger partial charge in [0.1, 0.15) is 24.1 Å². The maximum atomic E-state index is 14.6. The van der Waals surface area contributed by atoms with E-state index in [0.717, 1.165) is 0 Å². The molecule has 9 heteroatoms. The van der Waals surface area contributed by atoms with Crippen molar-refractivity contribution in [3.8, 4) is 28.7 Å². The molecule has 1 aliphatic heterocycles. The van der Waals surface area contributed by atoms with Gasteiger partial charge in [-0.1, -0.05) is 24.0 Å². The van der Waals surface area contributed by atoms with Gasteiger partial charge in [0.25, 0.3) is 0 Å². The highest BCUT2D eigenvalue weighted by atomic mass is 19.1. The van der Waals surface area contributed by atoms with Gasteiger partial charge < -0.3 is 29.4 Å². The first-order valence-corrected chi connectivity index (χ1v) is 10.7. The standard InChI is InChI=1S/C25H24F2N2O5/c1-15(31)25-28-8-9-29(25)19(12-30)7-4-16-2-5-17(6-3-16)18-10-20(26)24(21(27)11-18)34-23-14-33-13-22(23)32/h2-3,5-6,8-11,15,19,22-23,30-32H,12-14H2,1H3/t15-,19-,22?,23-/m0/s1. The van der Waals surface area contributed by atoms with Gasteiger partial charge in [-0.25, -0.2) is 13.8 Å². The van der Waals surface area contributed by atoms with Crippen molar-refractivity contribution in [2.45, 2.75) is 31.3 Å². The van der Waals surface area contributed by atoms with Gasteiger partial charge in [0.2, 0.25) is 0 Å². The van der Waals surface area contributed by atoms with Crippen LogP contribution in [-0.2, 0) is 4.74 Å². The fraction of sp³-hybridized carbons (Fsp3) is 0.320. The van der Waals surface area contributed by atoms with Crippen molar-refractivity contribution >= 4 is 0 Å². The van der Waals surface area contributed by atoms with Crippen molar-refractivity contribution in [3.63, 3.8) is 0 Å². The highest BCUT2D eigenvalue weighted by Gasteiger charge is 2.30. The Labute approximate surface area is 195 Å². The fourth-order valence-electron chi connectivity index (χ4n) is 3.65. The molecule has 1 fully saturated rings. The zero-order valence-electron chi connectivity index (χ0n) is 18.4. The molecule has 3 N–H and O–H groups in total. The van der Waals surface area contributed by atoms with E-state index >= 15 is 0 Å². The smallest absolute Gasteiger partial charge is 0.191 e. The highest BCUT2D eigenvalue weighted by Crippen LogP contribution is 2.31. The number of nitrogens with zero attached hydrogens (tertiary/aromatic N) is 2. The van der Waals surface area contributed by atoms with Crippen molar-refractivity contribution in [2.24, 2.45) is 0 Å². The Morgan fingerprint density at radius 3 is 2.47 bits per heavy atom. The SMILES string of the molecule is C[C@H](O)c1nccn1[C@@H](C#Cc1ccc(-c2cc(F)c(O[C@H]3COCC3O)c(F)c2)cc1)CO. The topological polar surface area (TPSA) is 97.0 Å². The Morgan fingerprint density at radius 1 is 1.18 bits per heavy atom. The largest absolute Gasteiger partial charge is 0.479 e. The molecule has 2 heterocycles. The van der Waals surface area contributed by atoms with Crippen LogP contribution < -0.4 is 4.74 Å². The Kier molecular flexibility index (Phi) is 7.24. The quantitative estimate of drug-likeness (QED) is 0.480. The van der Waals surface area contributed by atoms with Crippen molar-refractivity contribution in [3.05, 3.63) is 71.8 Å². The first kappa shape index (κ1) is 23.9. The van der Waals surface area contributed by atoms with Crippen molar-refractivity contribution < 1.29 is 33.6 Å². The number of hydrogen-bond acceptors (Lipinski definition) is 6. The number of aliphatic hydroxyl groups excluding tert-OH is 3. The first-order valence-electron chi connectivity index (χ1n) is 10.7. The molecule has 1 aliphatic rings. The molecule has 0 spiro atoms. The molecule has 4 atom stereocenters. The van der Waals surface area contributed by atoms with Gasteiger partial charge in [-0.05, 0) is 42.3 Å². The molecule has 4 rings (SSSR count). The molecular formula is C25H24F2N2O5. The predicted molar refractivity (Wildman–Crippen MR) is 119 cm³/mol. The summed E-state index contributed by atoms with van der Waals surface area (Å²) in [6, 6.07) is 8.50. The van der Waals surface area contributed by atoms with Crippen LogP contribution in [0.15, 0.2) is 48.8 Å². The summed E-state index contributed by atoms with van der Waals surface area (Å²) in [7, 11) is 0. The molecule has 0 amide bonds. The van der Waals surface area contributed by atoms with E-state index in [1.54, 1.807) is 42.0 Å². The molecule has 7 nitrogen and oxygen atoms in total. The van der Waals surface area contributed by atoms with Crippen LogP contribution >= 0.6 is 0 Å².